The Kier molecular flexibility index (Phi) is 6.58. The fourth-order valence-corrected chi connectivity index (χ4v) is 11.9. The van der Waals surface area contributed by atoms with E-state index in [4.69, 9.17) is 4.98 Å². The zero-order valence-electron chi connectivity index (χ0n) is 29.8. The first-order valence-corrected chi connectivity index (χ1v) is 21.4. The van der Waals surface area contributed by atoms with Gasteiger partial charge in [-0.3, -0.25) is 8.97 Å². The number of pyridine rings is 2. The van der Waals surface area contributed by atoms with Crippen LogP contribution in [0.5, 0.6) is 0 Å². The van der Waals surface area contributed by atoms with Gasteiger partial charge in [0.2, 0.25) is 0 Å². The number of nitrogens with zero attached hydrogens (tertiary/aromatic N) is 5. The molecule has 6 aromatic carbocycles. The van der Waals surface area contributed by atoms with Crippen LogP contribution in [0.1, 0.15) is 17.3 Å². The molecule has 1 aliphatic rings. The Morgan fingerprint density at radius 3 is 2.19 bits per heavy atom. The quantitative estimate of drug-likeness (QED) is 0.135. The molecule has 0 bridgehead atoms. The molecule has 0 amide bonds. The zero-order chi connectivity index (χ0) is 36.1. The lowest BCUT2D eigenvalue weighted by molar-refractivity contribution is 0.402. The second kappa shape index (κ2) is 11.5. The fourth-order valence-electron chi connectivity index (χ4n) is 8.91. The highest BCUT2D eigenvalue weighted by atomic mass is 28.3. The topological polar surface area (TPSA) is 38.4 Å². The van der Waals surface area contributed by atoms with Gasteiger partial charge in [-0.1, -0.05) is 92.0 Å². The van der Waals surface area contributed by atoms with Crippen molar-refractivity contribution in [2.24, 2.45) is 0 Å². The Morgan fingerprint density at radius 2 is 1.28 bits per heavy atom. The summed E-state index contributed by atoms with van der Waals surface area (Å²) < 4.78 is 21.2. The minimum atomic E-state index is -2.17. The first-order valence-electron chi connectivity index (χ1n) is 18.4. The van der Waals surface area contributed by atoms with E-state index in [0.29, 0.717) is 11.1 Å². The summed E-state index contributed by atoms with van der Waals surface area (Å²) in [5.74, 6) is 0. The lowest BCUT2D eigenvalue weighted by Gasteiger charge is -2.41. The maximum Gasteiger partial charge on any atom is 0.150 e. The van der Waals surface area contributed by atoms with Crippen LogP contribution < -0.4 is 15.3 Å². The number of imidazole rings is 1. The Labute approximate surface area is 312 Å². The number of alkyl halides is 1. The Balaban J connectivity index is 1.09. The number of aromatic nitrogens is 4. The predicted octanol–water partition coefficient (Wildman–Crippen LogP) is 10.8. The molecule has 258 valence electrons. The van der Waals surface area contributed by atoms with Gasteiger partial charge in [0.1, 0.15) is 19.4 Å². The molecular formula is C47H34FN5Si. The maximum absolute atomic E-state index is 16.9. The van der Waals surface area contributed by atoms with Gasteiger partial charge >= 0.3 is 0 Å². The molecule has 0 saturated heterocycles. The highest BCUT2D eigenvalue weighted by molar-refractivity contribution is 7.02. The van der Waals surface area contributed by atoms with Gasteiger partial charge in [0.05, 0.1) is 11.0 Å². The largest absolute Gasteiger partial charge is 0.311 e. The third kappa shape index (κ3) is 4.36. The molecule has 10 aromatic rings. The third-order valence-corrected chi connectivity index (χ3v) is 15.0. The van der Waals surface area contributed by atoms with Gasteiger partial charge in [0.15, 0.2) is 6.17 Å². The van der Waals surface area contributed by atoms with E-state index in [1.165, 1.54) is 21.7 Å². The van der Waals surface area contributed by atoms with E-state index in [1.54, 1.807) is 0 Å². The molecule has 5 nitrogen and oxygen atoms in total. The van der Waals surface area contributed by atoms with Gasteiger partial charge in [0.25, 0.3) is 0 Å². The van der Waals surface area contributed by atoms with Gasteiger partial charge < -0.3 is 4.90 Å². The standard InChI is InChI=1S/C47H34FN5Si/c1-54(2)43-20-9-8-19-40(43)52(32-13-4-3-5-14-32)42-28-37-36-17-11-23-49-47(36)53(41(37)29-44(42)54)33-15-10-12-30(26-33)45(48)31-21-22-34-35-16-6-7-18-39(35)51-25-24-50-46(51)38(34)27-31/h3-29,45H,1-2H3. The molecule has 7 heteroatoms. The SMILES string of the molecule is C[Si]1(C)c2ccccc2N(c2ccccc2)c2cc3c4cccnc4n(-c4cccc(C(F)c5ccc6c7ccccc7n7ccnc7c6c5)c4)c3cc21. The zero-order valence-corrected chi connectivity index (χ0v) is 30.8. The summed E-state index contributed by atoms with van der Waals surface area (Å²) in [5.41, 5.74) is 9.49. The van der Waals surface area contributed by atoms with Crippen LogP contribution >= 0.6 is 0 Å². The van der Waals surface area contributed by atoms with Crippen molar-refractivity contribution in [3.63, 3.8) is 0 Å². The molecule has 0 saturated carbocycles. The van der Waals surface area contributed by atoms with E-state index in [0.717, 1.165) is 60.6 Å². The normalized spacial score (nSPS) is 14.2. The van der Waals surface area contributed by atoms with Crippen molar-refractivity contribution >= 4 is 84.8 Å². The van der Waals surface area contributed by atoms with E-state index in [-0.39, 0.29) is 0 Å². The Bertz CT molecular complexity index is 3130. The van der Waals surface area contributed by atoms with E-state index >= 15 is 4.39 Å². The van der Waals surface area contributed by atoms with E-state index < -0.39 is 14.2 Å². The predicted molar refractivity (Wildman–Crippen MR) is 223 cm³/mol. The summed E-state index contributed by atoms with van der Waals surface area (Å²) in [4.78, 5) is 12.0. The van der Waals surface area contributed by atoms with Gasteiger partial charge in [0, 0.05) is 62.9 Å². The van der Waals surface area contributed by atoms with Crippen LogP contribution in [-0.4, -0.2) is 27.0 Å². The van der Waals surface area contributed by atoms with Gasteiger partial charge in [-0.05, 0) is 93.6 Å². The van der Waals surface area contributed by atoms with E-state index in [9.17, 15) is 0 Å². The lowest BCUT2D eigenvalue weighted by Crippen LogP contribution is -2.58. The summed E-state index contributed by atoms with van der Waals surface area (Å²) in [7, 11) is -2.17. The number of benzene rings is 6. The number of anilines is 3. The first kappa shape index (κ1) is 31.0. The van der Waals surface area contributed by atoms with Crippen LogP contribution in [0.4, 0.5) is 21.5 Å². The number of fused-ring (bicyclic) bond motifs is 11. The molecule has 1 unspecified atom stereocenters. The van der Waals surface area contributed by atoms with E-state index in [1.807, 2.05) is 73.2 Å². The van der Waals surface area contributed by atoms with Crippen molar-refractivity contribution < 1.29 is 4.39 Å². The summed E-state index contributed by atoms with van der Waals surface area (Å²) in [6.45, 7) is 4.89. The molecule has 0 fully saturated rings. The number of hydrogen-bond acceptors (Lipinski definition) is 3. The summed E-state index contributed by atoms with van der Waals surface area (Å²) in [6, 6.07) is 50.5. The highest BCUT2D eigenvalue weighted by Gasteiger charge is 2.39. The smallest absolute Gasteiger partial charge is 0.150 e. The summed E-state index contributed by atoms with van der Waals surface area (Å²) in [6.07, 6.45) is 4.28. The second-order valence-corrected chi connectivity index (χ2v) is 19.1. The molecule has 4 aromatic heterocycles. The molecule has 54 heavy (non-hydrogen) atoms. The second-order valence-electron chi connectivity index (χ2n) is 14.8. The van der Waals surface area contributed by atoms with Crippen molar-refractivity contribution in [3.8, 4) is 5.69 Å². The fraction of sp³-hybridized carbons (Fsp3) is 0.0638. The summed E-state index contributed by atoms with van der Waals surface area (Å²) >= 11 is 0. The van der Waals surface area contributed by atoms with Crippen LogP contribution in [0.2, 0.25) is 13.1 Å². The van der Waals surface area contributed by atoms with Gasteiger partial charge in [-0.2, -0.15) is 0 Å². The molecule has 1 aliphatic heterocycles. The van der Waals surface area contributed by atoms with Crippen LogP contribution in [0.3, 0.4) is 0 Å². The number of halogens is 1. The van der Waals surface area contributed by atoms with Crippen LogP contribution in [0.15, 0.2) is 164 Å². The molecular weight excluding hydrogens is 682 g/mol. The summed E-state index contributed by atoms with van der Waals surface area (Å²) in [5, 5.41) is 8.06. The number of para-hydroxylation sites is 3. The van der Waals surface area contributed by atoms with Crippen LogP contribution in [-0.2, 0) is 0 Å². The minimum absolute atomic E-state index is 0.592. The van der Waals surface area contributed by atoms with Crippen molar-refractivity contribution in [3.05, 3.63) is 175 Å². The van der Waals surface area contributed by atoms with Gasteiger partial charge in [-0.25, -0.2) is 14.4 Å². The molecule has 11 rings (SSSR count). The molecule has 5 heterocycles. The van der Waals surface area contributed by atoms with Crippen molar-refractivity contribution in [2.45, 2.75) is 19.3 Å². The highest BCUT2D eigenvalue weighted by Crippen LogP contribution is 2.42. The number of hydrogen-bond donors (Lipinski definition) is 0. The molecule has 0 aliphatic carbocycles. The number of rotatable bonds is 4. The first-order chi connectivity index (χ1) is 26.5. The molecule has 1 atom stereocenters. The van der Waals surface area contributed by atoms with Crippen molar-refractivity contribution in [1.29, 1.82) is 0 Å². The minimum Gasteiger partial charge on any atom is -0.311 e. The monoisotopic (exact) mass is 715 g/mol. The molecule has 0 N–H and O–H groups in total. The average molecular weight is 716 g/mol. The Hall–Kier alpha value is -6.57. The van der Waals surface area contributed by atoms with Crippen LogP contribution in [0.25, 0.3) is 54.9 Å². The van der Waals surface area contributed by atoms with Gasteiger partial charge in [-0.15, -0.1) is 0 Å². The van der Waals surface area contributed by atoms with Crippen LogP contribution in [0, 0.1) is 0 Å². The third-order valence-electron chi connectivity index (χ3n) is 11.5. The lowest BCUT2D eigenvalue weighted by atomic mass is 9.98. The van der Waals surface area contributed by atoms with E-state index in [2.05, 4.69) is 123 Å². The van der Waals surface area contributed by atoms with Crippen molar-refractivity contribution in [1.82, 2.24) is 18.9 Å². The van der Waals surface area contributed by atoms with Crippen molar-refractivity contribution in [2.75, 3.05) is 4.90 Å². The molecule has 0 radical (unpaired) electrons. The average Bonchev–Trinajstić information content (AvgIpc) is 3.84. The Morgan fingerprint density at radius 1 is 0.519 bits per heavy atom. The molecule has 0 spiro atoms. The maximum atomic E-state index is 16.9.